The molecule has 2 amide bonds. The number of carbonyl (C=O) groups is 2. The number of hydrogen-bond donors (Lipinski definition) is 2. The summed E-state index contributed by atoms with van der Waals surface area (Å²) in [6.45, 7) is 0.227. The topological polar surface area (TPSA) is 90.6 Å². The Morgan fingerprint density at radius 3 is 2.42 bits per heavy atom. The lowest BCUT2D eigenvalue weighted by atomic mass is 9.98. The molecule has 0 aliphatic carbocycles. The van der Waals surface area contributed by atoms with Crippen molar-refractivity contribution in [3.05, 3.63) is 0 Å². The van der Waals surface area contributed by atoms with E-state index >= 15 is 0 Å². The lowest BCUT2D eigenvalue weighted by molar-refractivity contribution is -0.167. The first-order valence-corrected chi connectivity index (χ1v) is 3.34. The molecule has 0 unspecified atom stereocenters. The molecule has 3 N–H and O–H groups in total. The van der Waals surface area contributed by atoms with Crippen LogP contribution in [0.1, 0.15) is 0 Å². The van der Waals surface area contributed by atoms with Crippen molar-refractivity contribution < 1.29 is 19.1 Å². The van der Waals surface area contributed by atoms with Crippen LogP contribution < -0.4 is 11.1 Å². The van der Waals surface area contributed by atoms with Gasteiger partial charge >= 0.3 is 12.0 Å². The zero-order chi connectivity index (χ0) is 9.19. The Hall–Kier alpha value is -1.30. The maximum Gasteiger partial charge on any atom is 0.336 e. The molecule has 0 spiro atoms. The molecular weight excluding hydrogens is 164 g/mol. The van der Waals surface area contributed by atoms with Crippen LogP contribution in [0.2, 0.25) is 0 Å². The molecule has 1 aliphatic heterocycles. The van der Waals surface area contributed by atoms with Gasteiger partial charge in [0.2, 0.25) is 0 Å². The third-order valence-corrected chi connectivity index (χ3v) is 1.64. The molecule has 1 rings (SSSR count). The second-order valence-corrected chi connectivity index (χ2v) is 2.56. The highest BCUT2D eigenvalue weighted by molar-refractivity contribution is 5.87. The summed E-state index contributed by atoms with van der Waals surface area (Å²) >= 11 is 0. The predicted molar refractivity (Wildman–Crippen MR) is 38.3 cm³/mol. The quantitative estimate of drug-likeness (QED) is 0.503. The van der Waals surface area contributed by atoms with E-state index in [9.17, 15) is 9.59 Å². The lowest BCUT2D eigenvalue weighted by Crippen LogP contribution is -2.68. The molecule has 0 bridgehead atoms. The summed E-state index contributed by atoms with van der Waals surface area (Å²) in [5.41, 5.74) is 3.81. The van der Waals surface area contributed by atoms with Crippen molar-refractivity contribution in [2.45, 2.75) is 5.54 Å². The number of primary amides is 1. The molecular formula is C6H10N2O4. The van der Waals surface area contributed by atoms with Crippen LogP contribution in [0.3, 0.4) is 0 Å². The largest absolute Gasteiger partial charge is 0.467 e. The van der Waals surface area contributed by atoms with Crippen LogP contribution in [0, 0.1) is 0 Å². The Bertz CT molecular complexity index is 212. The van der Waals surface area contributed by atoms with Crippen molar-refractivity contribution in [2.24, 2.45) is 5.73 Å². The van der Waals surface area contributed by atoms with E-state index in [-0.39, 0.29) is 13.2 Å². The summed E-state index contributed by atoms with van der Waals surface area (Å²) in [5.74, 6) is -0.535. The standard InChI is InChI=1S/C6H10N2O4/c1-11-4(9)6(2-12-3-6)8-5(7)10/h2-3H2,1H3,(H3,7,8,10). The number of urea groups is 1. The summed E-state index contributed by atoms with van der Waals surface area (Å²) in [4.78, 5) is 21.6. The fourth-order valence-corrected chi connectivity index (χ4v) is 0.978. The van der Waals surface area contributed by atoms with Crippen LogP contribution in [0.4, 0.5) is 4.79 Å². The summed E-state index contributed by atoms with van der Waals surface area (Å²) < 4.78 is 9.26. The van der Waals surface area contributed by atoms with Gasteiger partial charge in [-0.3, -0.25) is 0 Å². The molecule has 6 heteroatoms. The number of nitrogens with two attached hydrogens (primary N) is 1. The number of hydrogen-bond acceptors (Lipinski definition) is 4. The smallest absolute Gasteiger partial charge is 0.336 e. The van der Waals surface area contributed by atoms with Gasteiger partial charge in [-0.25, -0.2) is 9.59 Å². The van der Waals surface area contributed by atoms with Crippen molar-refractivity contribution >= 4 is 12.0 Å². The second-order valence-electron chi connectivity index (χ2n) is 2.56. The van der Waals surface area contributed by atoms with Gasteiger partial charge in [0.05, 0.1) is 20.3 Å². The molecule has 1 saturated heterocycles. The van der Waals surface area contributed by atoms with E-state index in [1.807, 2.05) is 0 Å². The minimum Gasteiger partial charge on any atom is -0.467 e. The maximum atomic E-state index is 11.1. The Morgan fingerprint density at radius 1 is 1.58 bits per heavy atom. The highest BCUT2D eigenvalue weighted by Crippen LogP contribution is 2.17. The molecule has 1 aliphatic rings. The first kappa shape index (κ1) is 8.79. The monoisotopic (exact) mass is 174 g/mol. The molecule has 12 heavy (non-hydrogen) atoms. The fraction of sp³-hybridized carbons (Fsp3) is 0.667. The molecule has 6 nitrogen and oxygen atoms in total. The van der Waals surface area contributed by atoms with Crippen molar-refractivity contribution in [3.8, 4) is 0 Å². The summed E-state index contributed by atoms with van der Waals surface area (Å²) in [5, 5.41) is 2.28. The van der Waals surface area contributed by atoms with Gasteiger partial charge in [0.1, 0.15) is 0 Å². The van der Waals surface area contributed by atoms with E-state index in [1.54, 1.807) is 0 Å². The van der Waals surface area contributed by atoms with Crippen molar-refractivity contribution in [1.29, 1.82) is 0 Å². The van der Waals surface area contributed by atoms with Crippen LogP contribution in [0.25, 0.3) is 0 Å². The van der Waals surface area contributed by atoms with E-state index in [4.69, 9.17) is 10.5 Å². The van der Waals surface area contributed by atoms with Gasteiger partial charge in [-0.15, -0.1) is 0 Å². The van der Waals surface area contributed by atoms with Crippen molar-refractivity contribution in [2.75, 3.05) is 20.3 Å². The van der Waals surface area contributed by atoms with E-state index in [0.717, 1.165) is 0 Å². The van der Waals surface area contributed by atoms with Gasteiger partial charge in [0.15, 0.2) is 5.54 Å². The second kappa shape index (κ2) is 2.98. The zero-order valence-electron chi connectivity index (χ0n) is 6.62. The number of methoxy groups -OCH3 is 1. The number of esters is 1. The average molecular weight is 174 g/mol. The van der Waals surface area contributed by atoms with Crippen LogP contribution >= 0.6 is 0 Å². The van der Waals surface area contributed by atoms with Gasteiger partial charge in [0.25, 0.3) is 0 Å². The number of carbonyl (C=O) groups excluding carboxylic acids is 2. The van der Waals surface area contributed by atoms with Crippen LogP contribution in [-0.2, 0) is 14.3 Å². The third-order valence-electron chi connectivity index (χ3n) is 1.64. The molecule has 0 aromatic rings. The SMILES string of the molecule is COC(=O)C1(NC(N)=O)COC1. The number of nitrogens with one attached hydrogen (secondary N) is 1. The summed E-state index contributed by atoms with van der Waals surface area (Å²) in [7, 11) is 1.24. The molecule has 0 radical (unpaired) electrons. The van der Waals surface area contributed by atoms with Crippen LogP contribution in [0.15, 0.2) is 0 Å². The molecule has 0 saturated carbocycles. The van der Waals surface area contributed by atoms with Gasteiger partial charge < -0.3 is 20.5 Å². The molecule has 0 aromatic carbocycles. The zero-order valence-corrected chi connectivity index (χ0v) is 6.62. The first-order valence-electron chi connectivity index (χ1n) is 3.34. The van der Waals surface area contributed by atoms with Gasteiger partial charge in [0, 0.05) is 0 Å². The fourth-order valence-electron chi connectivity index (χ4n) is 0.978. The highest BCUT2D eigenvalue weighted by atomic mass is 16.5. The summed E-state index contributed by atoms with van der Waals surface area (Å²) in [6.07, 6.45) is 0. The van der Waals surface area contributed by atoms with Gasteiger partial charge in [-0.2, -0.15) is 0 Å². The van der Waals surface area contributed by atoms with E-state index < -0.39 is 17.5 Å². The molecule has 68 valence electrons. The summed E-state index contributed by atoms with van der Waals surface area (Å²) in [6, 6.07) is -0.760. The molecule has 0 aromatic heterocycles. The Labute approximate surface area is 69.0 Å². The molecule has 1 fully saturated rings. The Morgan fingerprint density at radius 2 is 2.17 bits per heavy atom. The minimum absolute atomic E-state index is 0.114. The lowest BCUT2D eigenvalue weighted by Gasteiger charge is -2.38. The highest BCUT2D eigenvalue weighted by Gasteiger charge is 2.48. The van der Waals surface area contributed by atoms with E-state index in [0.29, 0.717) is 0 Å². The minimum atomic E-state index is -1.05. The number of ether oxygens (including phenoxy) is 2. The van der Waals surface area contributed by atoms with Gasteiger partial charge in [-0.05, 0) is 0 Å². The molecule has 0 atom stereocenters. The normalized spacial score (nSPS) is 19.1. The number of rotatable bonds is 2. The first-order chi connectivity index (χ1) is 5.60. The van der Waals surface area contributed by atoms with E-state index in [1.165, 1.54) is 7.11 Å². The van der Waals surface area contributed by atoms with Crippen LogP contribution in [0.5, 0.6) is 0 Å². The predicted octanol–water partition coefficient (Wildman–Crippen LogP) is -1.40. The molecule has 1 heterocycles. The Balaban J connectivity index is 2.62. The Kier molecular flexibility index (Phi) is 2.18. The number of amides is 2. The van der Waals surface area contributed by atoms with E-state index in [2.05, 4.69) is 10.1 Å². The van der Waals surface area contributed by atoms with Crippen LogP contribution in [-0.4, -0.2) is 37.9 Å². The van der Waals surface area contributed by atoms with Crippen molar-refractivity contribution in [1.82, 2.24) is 5.32 Å². The maximum absolute atomic E-state index is 11.1. The van der Waals surface area contributed by atoms with Crippen molar-refractivity contribution in [3.63, 3.8) is 0 Å². The third kappa shape index (κ3) is 1.33. The average Bonchev–Trinajstić information content (AvgIpc) is 1.95. The van der Waals surface area contributed by atoms with Gasteiger partial charge in [-0.1, -0.05) is 0 Å².